The SMILES string of the molecule is O=C(Cc1cccc(C(=O)OCC2CO2)c1)OCC1CO1. The molecule has 2 saturated heterocycles. The average Bonchev–Trinajstić information content (AvgIpc) is 3.38. The third kappa shape index (κ3) is 4.54. The molecule has 2 aliphatic heterocycles. The lowest BCUT2D eigenvalue weighted by Crippen LogP contribution is -2.13. The molecule has 0 bridgehead atoms. The largest absolute Gasteiger partial charge is 0.463 e. The molecule has 112 valence electrons. The molecular formula is C15H16O6. The average molecular weight is 292 g/mol. The number of hydrogen-bond acceptors (Lipinski definition) is 6. The minimum atomic E-state index is -0.410. The standard InChI is InChI=1S/C15H16O6/c16-14(20-8-12-6-18-12)5-10-2-1-3-11(4-10)15(17)21-9-13-7-19-13/h1-4,12-13H,5-9H2. The van der Waals surface area contributed by atoms with Crippen molar-refractivity contribution in [2.75, 3.05) is 26.4 Å². The van der Waals surface area contributed by atoms with Crippen molar-refractivity contribution in [3.63, 3.8) is 0 Å². The predicted molar refractivity (Wildman–Crippen MR) is 70.9 cm³/mol. The van der Waals surface area contributed by atoms with E-state index in [4.69, 9.17) is 18.9 Å². The normalized spacial score (nSPS) is 22.5. The Kier molecular flexibility index (Phi) is 4.17. The minimum absolute atomic E-state index is 0.0387. The third-order valence-electron chi connectivity index (χ3n) is 3.15. The van der Waals surface area contributed by atoms with Crippen molar-refractivity contribution in [1.82, 2.24) is 0 Å². The summed E-state index contributed by atoms with van der Waals surface area (Å²) in [5.74, 6) is -0.741. The molecule has 0 aromatic heterocycles. The molecule has 6 heteroatoms. The lowest BCUT2D eigenvalue weighted by atomic mass is 10.1. The second kappa shape index (κ2) is 6.24. The Hall–Kier alpha value is -1.92. The van der Waals surface area contributed by atoms with Crippen LogP contribution >= 0.6 is 0 Å². The summed E-state index contributed by atoms with van der Waals surface area (Å²) >= 11 is 0. The molecule has 1 aromatic rings. The monoisotopic (exact) mass is 292 g/mol. The molecule has 2 heterocycles. The number of hydrogen-bond donors (Lipinski definition) is 0. The van der Waals surface area contributed by atoms with Crippen LogP contribution in [0.5, 0.6) is 0 Å². The van der Waals surface area contributed by atoms with Crippen LogP contribution in [0.1, 0.15) is 15.9 Å². The topological polar surface area (TPSA) is 77.7 Å². The van der Waals surface area contributed by atoms with E-state index in [9.17, 15) is 9.59 Å². The Balaban J connectivity index is 1.51. The van der Waals surface area contributed by atoms with Gasteiger partial charge in [-0.2, -0.15) is 0 Å². The maximum Gasteiger partial charge on any atom is 0.338 e. The van der Waals surface area contributed by atoms with Crippen molar-refractivity contribution < 1.29 is 28.5 Å². The Bertz CT molecular complexity index is 533. The Morgan fingerprint density at radius 2 is 1.76 bits per heavy atom. The van der Waals surface area contributed by atoms with E-state index in [-0.39, 0.29) is 31.2 Å². The van der Waals surface area contributed by atoms with E-state index in [1.54, 1.807) is 24.3 Å². The highest BCUT2D eigenvalue weighted by molar-refractivity contribution is 5.89. The van der Waals surface area contributed by atoms with Gasteiger partial charge in [-0.05, 0) is 17.7 Å². The molecule has 3 rings (SSSR count). The molecule has 2 atom stereocenters. The van der Waals surface area contributed by atoms with Gasteiger partial charge in [0.15, 0.2) is 0 Å². The van der Waals surface area contributed by atoms with Crippen LogP contribution in [0.25, 0.3) is 0 Å². The van der Waals surface area contributed by atoms with Crippen LogP contribution in [0, 0.1) is 0 Å². The number of carbonyl (C=O) groups is 2. The molecule has 0 radical (unpaired) electrons. The number of epoxide rings is 2. The number of rotatable bonds is 7. The molecule has 0 spiro atoms. The van der Waals surface area contributed by atoms with Gasteiger partial charge in [0.25, 0.3) is 0 Å². The van der Waals surface area contributed by atoms with E-state index in [2.05, 4.69) is 0 Å². The minimum Gasteiger partial charge on any atom is -0.463 e. The van der Waals surface area contributed by atoms with Gasteiger partial charge in [0.1, 0.15) is 25.4 Å². The quantitative estimate of drug-likeness (QED) is 0.544. The Morgan fingerprint density at radius 1 is 1.10 bits per heavy atom. The first-order valence-corrected chi connectivity index (χ1v) is 6.85. The molecule has 2 unspecified atom stereocenters. The fourth-order valence-electron chi connectivity index (χ4n) is 1.79. The van der Waals surface area contributed by atoms with E-state index in [1.807, 2.05) is 0 Å². The van der Waals surface area contributed by atoms with Crippen molar-refractivity contribution in [3.8, 4) is 0 Å². The van der Waals surface area contributed by atoms with Crippen molar-refractivity contribution in [2.45, 2.75) is 18.6 Å². The van der Waals surface area contributed by atoms with Crippen molar-refractivity contribution in [3.05, 3.63) is 35.4 Å². The molecule has 1 aromatic carbocycles. The second-order valence-corrected chi connectivity index (χ2v) is 5.07. The molecule has 6 nitrogen and oxygen atoms in total. The van der Waals surface area contributed by atoms with Crippen LogP contribution < -0.4 is 0 Å². The Labute approximate surface area is 121 Å². The van der Waals surface area contributed by atoms with E-state index in [0.717, 1.165) is 0 Å². The third-order valence-corrected chi connectivity index (χ3v) is 3.15. The van der Waals surface area contributed by atoms with Crippen molar-refractivity contribution >= 4 is 11.9 Å². The number of ether oxygens (including phenoxy) is 4. The lowest BCUT2D eigenvalue weighted by Gasteiger charge is -2.06. The van der Waals surface area contributed by atoms with Gasteiger partial charge < -0.3 is 18.9 Å². The van der Waals surface area contributed by atoms with Crippen molar-refractivity contribution in [2.24, 2.45) is 0 Å². The molecule has 0 amide bonds. The summed E-state index contributed by atoms with van der Waals surface area (Å²) in [6, 6.07) is 6.79. The van der Waals surface area contributed by atoms with E-state index in [0.29, 0.717) is 30.9 Å². The van der Waals surface area contributed by atoms with Crippen LogP contribution in [0.2, 0.25) is 0 Å². The fraction of sp³-hybridized carbons (Fsp3) is 0.467. The summed E-state index contributed by atoms with van der Waals surface area (Å²) in [5, 5.41) is 0. The van der Waals surface area contributed by atoms with E-state index < -0.39 is 5.97 Å². The first-order valence-electron chi connectivity index (χ1n) is 6.85. The van der Waals surface area contributed by atoms with Crippen molar-refractivity contribution in [1.29, 1.82) is 0 Å². The van der Waals surface area contributed by atoms with Gasteiger partial charge in [-0.3, -0.25) is 4.79 Å². The molecule has 0 saturated carbocycles. The number of esters is 2. The first kappa shape index (κ1) is 14.0. The number of carbonyl (C=O) groups excluding carboxylic acids is 2. The second-order valence-electron chi connectivity index (χ2n) is 5.07. The molecule has 0 N–H and O–H groups in total. The van der Waals surface area contributed by atoms with Gasteiger partial charge in [0.2, 0.25) is 0 Å². The molecule has 2 aliphatic rings. The van der Waals surface area contributed by atoms with E-state index in [1.165, 1.54) is 0 Å². The highest BCUT2D eigenvalue weighted by Crippen LogP contribution is 2.13. The summed E-state index contributed by atoms with van der Waals surface area (Å²) in [5.41, 5.74) is 1.14. The summed E-state index contributed by atoms with van der Waals surface area (Å²) in [6.45, 7) is 1.86. The van der Waals surface area contributed by atoms with Crippen LogP contribution in [-0.2, 0) is 30.2 Å². The number of benzene rings is 1. The molecular weight excluding hydrogens is 276 g/mol. The zero-order valence-corrected chi connectivity index (χ0v) is 11.4. The van der Waals surface area contributed by atoms with Crippen LogP contribution in [0.4, 0.5) is 0 Å². The van der Waals surface area contributed by atoms with E-state index >= 15 is 0 Å². The molecule has 2 fully saturated rings. The van der Waals surface area contributed by atoms with Gasteiger partial charge in [-0.25, -0.2) is 4.79 Å². The maximum absolute atomic E-state index is 11.8. The fourth-order valence-corrected chi connectivity index (χ4v) is 1.79. The molecule has 0 aliphatic carbocycles. The zero-order valence-electron chi connectivity index (χ0n) is 11.4. The zero-order chi connectivity index (χ0) is 14.7. The van der Waals surface area contributed by atoms with Crippen LogP contribution in [0.15, 0.2) is 24.3 Å². The Morgan fingerprint density at radius 3 is 2.43 bits per heavy atom. The van der Waals surface area contributed by atoms with Crippen LogP contribution in [-0.4, -0.2) is 50.6 Å². The molecule has 21 heavy (non-hydrogen) atoms. The van der Waals surface area contributed by atoms with Gasteiger partial charge in [-0.15, -0.1) is 0 Å². The lowest BCUT2D eigenvalue weighted by molar-refractivity contribution is -0.143. The predicted octanol–water partition coefficient (Wildman–Crippen LogP) is 0.727. The highest BCUT2D eigenvalue weighted by atomic mass is 16.6. The first-order chi connectivity index (χ1) is 10.2. The van der Waals surface area contributed by atoms with Gasteiger partial charge in [0, 0.05) is 0 Å². The summed E-state index contributed by atoms with van der Waals surface area (Å²) in [6.07, 6.45) is 0.219. The maximum atomic E-state index is 11.8. The highest BCUT2D eigenvalue weighted by Gasteiger charge is 2.25. The van der Waals surface area contributed by atoms with Gasteiger partial charge in [-0.1, -0.05) is 12.1 Å². The summed E-state index contributed by atoms with van der Waals surface area (Å²) in [7, 11) is 0. The summed E-state index contributed by atoms with van der Waals surface area (Å²) < 4.78 is 20.1. The van der Waals surface area contributed by atoms with Crippen LogP contribution in [0.3, 0.4) is 0 Å². The van der Waals surface area contributed by atoms with Gasteiger partial charge >= 0.3 is 11.9 Å². The smallest absolute Gasteiger partial charge is 0.338 e. The summed E-state index contributed by atoms with van der Waals surface area (Å²) in [4.78, 5) is 23.5. The van der Waals surface area contributed by atoms with Gasteiger partial charge in [0.05, 0.1) is 25.2 Å².